The van der Waals surface area contributed by atoms with Crippen LogP contribution in [0.3, 0.4) is 0 Å². The van der Waals surface area contributed by atoms with E-state index in [2.05, 4.69) is 5.32 Å². The third-order valence-corrected chi connectivity index (χ3v) is 4.12. The van der Waals surface area contributed by atoms with Gasteiger partial charge in [0.1, 0.15) is 24.7 Å². The van der Waals surface area contributed by atoms with Crippen molar-refractivity contribution in [2.75, 3.05) is 40.1 Å². The van der Waals surface area contributed by atoms with Crippen molar-refractivity contribution >= 4 is 6.03 Å². The van der Waals surface area contributed by atoms with E-state index < -0.39 is 0 Å². The van der Waals surface area contributed by atoms with Crippen LogP contribution in [-0.2, 0) is 0 Å². The molecule has 0 aromatic heterocycles. The summed E-state index contributed by atoms with van der Waals surface area (Å²) in [5, 5.41) is 2.82. The average Bonchev–Trinajstić information content (AvgIpc) is 3.14. The van der Waals surface area contributed by atoms with Crippen molar-refractivity contribution in [1.29, 1.82) is 0 Å². The summed E-state index contributed by atoms with van der Waals surface area (Å²) in [7, 11) is 1.73. The zero-order chi connectivity index (χ0) is 19.1. The molecule has 7 nitrogen and oxygen atoms in total. The molecule has 0 saturated heterocycles. The van der Waals surface area contributed by atoms with Crippen LogP contribution >= 0.6 is 0 Å². The summed E-state index contributed by atoms with van der Waals surface area (Å²) in [4.78, 5) is 13.7. The normalized spacial score (nSPS) is 11.8. The van der Waals surface area contributed by atoms with E-state index in [1.54, 1.807) is 24.1 Å². The molecule has 2 amide bonds. The second-order valence-corrected chi connectivity index (χ2v) is 6.13. The van der Waals surface area contributed by atoms with E-state index in [1.165, 1.54) is 0 Å². The number of carbonyl (C=O) groups excluding carboxylic acids is 1. The molecule has 144 valence electrons. The van der Waals surface area contributed by atoms with Gasteiger partial charge in [-0.15, -0.1) is 0 Å². The van der Waals surface area contributed by atoms with Crippen LogP contribution in [0.4, 0.5) is 4.79 Å². The van der Waals surface area contributed by atoms with Crippen LogP contribution in [0.15, 0.2) is 42.5 Å². The molecule has 0 fully saturated rings. The first kappa shape index (κ1) is 18.7. The molecule has 0 aliphatic carbocycles. The smallest absolute Gasteiger partial charge is 0.317 e. The SMILES string of the molecule is Cc1ccccc1OCCN(C)C(=O)NCCOc1ccc2c(c1)OCO2. The van der Waals surface area contributed by atoms with Gasteiger partial charge in [-0.25, -0.2) is 4.79 Å². The molecule has 7 heteroatoms. The van der Waals surface area contributed by atoms with Crippen molar-refractivity contribution in [3.63, 3.8) is 0 Å². The van der Waals surface area contributed by atoms with Crippen LogP contribution in [-0.4, -0.2) is 51.1 Å². The summed E-state index contributed by atoms with van der Waals surface area (Å²) in [5.74, 6) is 2.90. The van der Waals surface area contributed by atoms with Crippen molar-refractivity contribution < 1.29 is 23.7 Å². The number of likely N-dealkylation sites (N-methyl/N-ethyl adjacent to an activating group) is 1. The number of amides is 2. The molecule has 0 atom stereocenters. The number of carbonyl (C=O) groups is 1. The summed E-state index contributed by atoms with van der Waals surface area (Å²) in [6.45, 7) is 3.90. The molecule has 1 heterocycles. The molecule has 2 aromatic carbocycles. The van der Waals surface area contributed by atoms with Gasteiger partial charge in [-0.05, 0) is 30.7 Å². The number of para-hydroxylation sites is 1. The Hall–Kier alpha value is -3.09. The number of nitrogens with zero attached hydrogens (tertiary/aromatic N) is 1. The van der Waals surface area contributed by atoms with Gasteiger partial charge in [0.2, 0.25) is 6.79 Å². The molecule has 0 unspecified atom stereocenters. The number of benzene rings is 2. The molecular formula is C20H24N2O5. The van der Waals surface area contributed by atoms with E-state index in [0.29, 0.717) is 43.6 Å². The third kappa shape index (κ3) is 5.20. The van der Waals surface area contributed by atoms with E-state index in [1.807, 2.05) is 37.3 Å². The van der Waals surface area contributed by atoms with Crippen LogP contribution in [0, 0.1) is 6.92 Å². The zero-order valence-electron chi connectivity index (χ0n) is 15.6. The van der Waals surface area contributed by atoms with Crippen LogP contribution in [0.1, 0.15) is 5.56 Å². The maximum Gasteiger partial charge on any atom is 0.317 e. The van der Waals surface area contributed by atoms with Gasteiger partial charge in [0.05, 0.1) is 13.1 Å². The molecule has 3 rings (SSSR count). The number of ether oxygens (including phenoxy) is 4. The Kier molecular flexibility index (Phi) is 6.25. The molecular weight excluding hydrogens is 348 g/mol. The molecule has 1 aliphatic rings. The van der Waals surface area contributed by atoms with Gasteiger partial charge < -0.3 is 29.2 Å². The Bertz CT molecular complexity index is 781. The van der Waals surface area contributed by atoms with Crippen molar-refractivity contribution in [2.45, 2.75) is 6.92 Å². The second-order valence-electron chi connectivity index (χ2n) is 6.13. The fourth-order valence-corrected chi connectivity index (χ4v) is 2.54. The minimum absolute atomic E-state index is 0.169. The monoisotopic (exact) mass is 372 g/mol. The van der Waals surface area contributed by atoms with Gasteiger partial charge in [-0.1, -0.05) is 18.2 Å². The van der Waals surface area contributed by atoms with E-state index in [-0.39, 0.29) is 12.8 Å². The largest absolute Gasteiger partial charge is 0.492 e. The highest BCUT2D eigenvalue weighted by Gasteiger charge is 2.14. The molecule has 0 bridgehead atoms. The van der Waals surface area contributed by atoms with Crippen molar-refractivity contribution in [2.24, 2.45) is 0 Å². The van der Waals surface area contributed by atoms with Crippen LogP contribution in [0.5, 0.6) is 23.0 Å². The Morgan fingerprint density at radius 2 is 1.93 bits per heavy atom. The van der Waals surface area contributed by atoms with E-state index in [4.69, 9.17) is 18.9 Å². The topological polar surface area (TPSA) is 69.3 Å². The van der Waals surface area contributed by atoms with E-state index >= 15 is 0 Å². The second kappa shape index (κ2) is 9.02. The quantitative estimate of drug-likeness (QED) is 0.722. The molecule has 1 aliphatic heterocycles. The predicted molar refractivity (Wildman–Crippen MR) is 101 cm³/mol. The number of hydrogen-bond donors (Lipinski definition) is 1. The third-order valence-electron chi connectivity index (χ3n) is 4.12. The number of nitrogens with one attached hydrogen (secondary N) is 1. The van der Waals surface area contributed by atoms with E-state index in [9.17, 15) is 4.79 Å². The standard InChI is InChI=1S/C20H24N2O5/c1-15-5-3-4-6-17(15)25-12-10-22(2)20(23)21-9-11-24-16-7-8-18-19(13-16)27-14-26-18/h3-8,13H,9-12,14H2,1-2H3,(H,21,23). The lowest BCUT2D eigenvalue weighted by Crippen LogP contribution is -2.40. The van der Waals surface area contributed by atoms with Crippen LogP contribution in [0.25, 0.3) is 0 Å². The lowest BCUT2D eigenvalue weighted by Gasteiger charge is -2.18. The molecule has 2 aromatic rings. The highest BCUT2D eigenvalue weighted by molar-refractivity contribution is 5.73. The highest BCUT2D eigenvalue weighted by atomic mass is 16.7. The molecule has 0 radical (unpaired) electrons. The maximum atomic E-state index is 12.1. The minimum atomic E-state index is -0.169. The van der Waals surface area contributed by atoms with Gasteiger partial charge in [-0.3, -0.25) is 0 Å². The molecule has 0 saturated carbocycles. The summed E-state index contributed by atoms with van der Waals surface area (Å²) in [6, 6.07) is 13.0. The Labute approximate surface area is 158 Å². The Morgan fingerprint density at radius 1 is 1.11 bits per heavy atom. The van der Waals surface area contributed by atoms with Gasteiger partial charge in [-0.2, -0.15) is 0 Å². The number of hydrogen-bond acceptors (Lipinski definition) is 5. The van der Waals surface area contributed by atoms with Crippen LogP contribution in [0.2, 0.25) is 0 Å². The summed E-state index contributed by atoms with van der Waals surface area (Å²) >= 11 is 0. The Morgan fingerprint density at radius 3 is 2.78 bits per heavy atom. The first-order valence-electron chi connectivity index (χ1n) is 8.83. The molecule has 1 N–H and O–H groups in total. The van der Waals surface area contributed by atoms with Gasteiger partial charge in [0.25, 0.3) is 0 Å². The van der Waals surface area contributed by atoms with Crippen molar-refractivity contribution in [3.05, 3.63) is 48.0 Å². The molecule has 0 spiro atoms. The number of urea groups is 1. The average molecular weight is 372 g/mol. The number of aryl methyl sites for hydroxylation is 1. The lowest BCUT2D eigenvalue weighted by molar-refractivity contribution is 0.173. The summed E-state index contributed by atoms with van der Waals surface area (Å²) in [6.07, 6.45) is 0. The fraction of sp³-hybridized carbons (Fsp3) is 0.350. The first-order valence-corrected chi connectivity index (χ1v) is 8.83. The number of rotatable bonds is 8. The van der Waals surface area contributed by atoms with Gasteiger partial charge in [0, 0.05) is 13.1 Å². The Balaban J connectivity index is 1.32. The maximum absolute atomic E-state index is 12.1. The number of fused-ring (bicyclic) bond motifs is 1. The van der Waals surface area contributed by atoms with Crippen molar-refractivity contribution in [1.82, 2.24) is 10.2 Å². The highest BCUT2D eigenvalue weighted by Crippen LogP contribution is 2.34. The first-order chi connectivity index (χ1) is 13.1. The van der Waals surface area contributed by atoms with Gasteiger partial charge in [0.15, 0.2) is 11.5 Å². The summed E-state index contributed by atoms with van der Waals surface area (Å²) < 4.78 is 21.9. The minimum Gasteiger partial charge on any atom is -0.492 e. The zero-order valence-corrected chi connectivity index (χ0v) is 15.6. The van der Waals surface area contributed by atoms with Crippen LogP contribution < -0.4 is 24.3 Å². The van der Waals surface area contributed by atoms with E-state index in [0.717, 1.165) is 11.3 Å². The lowest BCUT2D eigenvalue weighted by atomic mass is 10.2. The predicted octanol–water partition coefficient (Wildman–Crippen LogP) is 2.82. The van der Waals surface area contributed by atoms with Crippen molar-refractivity contribution in [3.8, 4) is 23.0 Å². The summed E-state index contributed by atoms with van der Waals surface area (Å²) in [5.41, 5.74) is 1.07. The fourth-order valence-electron chi connectivity index (χ4n) is 2.54. The van der Waals surface area contributed by atoms with Gasteiger partial charge >= 0.3 is 6.03 Å². The molecule has 27 heavy (non-hydrogen) atoms.